The molecule has 136 valence electrons. The van der Waals surface area contributed by atoms with Crippen molar-refractivity contribution in [2.75, 3.05) is 5.32 Å². The first-order valence-corrected chi connectivity index (χ1v) is 9.16. The molecular weight excluding hydrogens is 362 g/mol. The lowest BCUT2D eigenvalue weighted by atomic mass is 9.97. The molecule has 1 aliphatic rings. The fourth-order valence-electron chi connectivity index (χ4n) is 3.34. The van der Waals surface area contributed by atoms with Gasteiger partial charge in [-0.3, -0.25) is 19.1 Å². The summed E-state index contributed by atoms with van der Waals surface area (Å²) in [5.74, 6) is 0.0713. The summed E-state index contributed by atoms with van der Waals surface area (Å²) in [6.45, 7) is 0.384. The number of pyridine rings is 2. The first-order valence-electron chi connectivity index (χ1n) is 8.78. The number of fused-ring (bicyclic) bond motifs is 1. The second-order valence-corrected chi connectivity index (χ2v) is 7.08. The second kappa shape index (κ2) is 7.37. The molecule has 3 aromatic rings. The number of anilines is 1. The highest BCUT2D eigenvalue weighted by atomic mass is 35.5. The van der Waals surface area contributed by atoms with Gasteiger partial charge in [-0.15, -0.1) is 0 Å². The molecule has 0 radical (unpaired) electrons. The van der Waals surface area contributed by atoms with E-state index in [0.29, 0.717) is 18.1 Å². The smallest absolute Gasteiger partial charge is 0.251 e. The SMILES string of the molecule is O=C1CCc2cc(Cc3cncc(Cn4c(Cl)cccc4=O)c3)ccc2N1. The number of halogens is 1. The molecule has 1 aliphatic heterocycles. The normalized spacial score (nSPS) is 13.1. The quantitative estimate of drug-likeness (QED) is 0.706. The standard InChI is InChI=1S/C21H18ClN3O2/c22-19-2-1-3-21(27)25(19)13-16-9-15(11-23-12-16)8-14-4-6-18-17(10-14)5-7-20(26)24-18/h1-4,6,9-12H,5,7-8,13H2,(H,24,26). The maximum atomic E-state index is 12.0. The van der Waals surface area contributed by atoms with Crippen molar-refractivity contribution in [2.24, 2.45) is 0 Å². The van der Waals surface area contributed by atoms with Gasteiger partial charge in [0.2, 0.25) is 5.91 Å². The minimum absolute atomic E-state index is 0.0713. The van der Waals surface area contributed by atoms with Crippen molar-refractivity contribution in [1.82, 2.24) is 9.55 Å². The van der Waals surface area contributed by atoms with Gasteiger partial charge in [-0.2, -0.15) is 0 Å². The van der Waals surface area contributed by atoms with Crippen molar-refractivity contribution in [3.63, 3.8) is 0 Å². The van der Waals surface area contributed by atoms with E-state index < -0.39 is 0 Å². The van der Waals surface area contributed by atoms with Gasteiger partial charge in [0.15, 0.2) is 0 Å². The molecule has 0 spiro atoms. The molecule has 1 N–H and O–H groups in total. The molecule has 6 heteroatoms. The van der Waals surface area contributed by atoms with Gasteiger partial charge in [-0.25, -0.2) is 0 Å². The van der Waals surface area contributed by atoms with Crippen LogP contribution < -0.4 is 10.9 Å². The molecule has 4 rings (SSSR count). The summed E-state index contributed by atoms with van der Waals surface area (Å²) in [6.07, 6.45) is 5.62. The average molecular weight is 380 g/mol. The van der Waals surface area contributed by atoms with E-state index in [-0.39, 0.29) is 11.5 Å². The van der Waals surface area contributed by atoms with E-state index in [1.165, 1.54) is 21.8 Å². The topological polar surface area (TPSA) is 64.0 Å². The van der Waals surface area contributed by atoms with Crippen LogP contribution in [0.25, 0.3) is 0 Å². The van der Waals surface area contributed by atoms with Crippen molar-refractivity contribution < 1.29 is 4.79 Å². The Labute approximate surface area is 161 Å². The fraction of sp³-hybridized carbons (Fsp3) is 0.190. The van der Waals surface area contributed by atoms with E-state index in [1.807, 2.05) is 24.4 Å². The molecule has 3 heterocycles. The number of carbonyl (C=O) groups excluding carboxylic acids is 1. The third kappa shape index (κ3) is 3.93. The minimum Gasteiger partial charge on any atom is -0.326 e. The molecule has 1 aromatic carbocycles. The zero-order chi connectivity index (χ0) is 18.8. The number of benzene rings is 1. The number of rotatable bonds is 4. The molecule has 27 heavy (non-hydrogen) atoms. The number of hydrogen-bond donors (Lipinski definition) is 1. The molecule has 2 aromatic heterocycles. The lowest BCUT2D eigenvalue weighted by molar-refractivity contribution is -0.116. The van der Waals surface area contributed by atoms with E-state index in [4.69, 9.17) is 11.6 Å². The van der Waals surface area contributed by atoms with Crippen LogP contribution >= 0.6 is 11.6 Å². The molecule has 0 atom stereocenters. The molecule has 1 amide bonds. The summed E-state index contributed by atoms with van der Waals surface area (Å²) in [5.41, 5.74) is 5.09. The zero-order valence-corrected chi connectivity index (χ0v) is 15.4. The summed E-state index contributed by atoms with van der Waals surface area (Å²) in [6, 6.07) is 13.0. The van der Waals surface area contributed by atoms with Crippen molar-refractivity contribution in [2.45, 2.75) is 25.8 Å². The molecule has 0 saturated carbocycles. The molecule has 0 unspecified atom stereocenters. The lowest BCUT2D eigenvalue weighted by Crippen LogP contribution is -2.20. The first kappa shape index (κ1) is 17.5. The van der Waals surface area contributed by atoms with Gasteiger partial charge in [-0.1, -0.05) is 35.9 Å². The molecule has 0 bridgehead atoms. The van der Waals surface area contributed by atoms with E-state index in [0.717, 1.165) is 29.7 Å². The highest BCUT2D eigenvalue weighted by molar-refractivity contribution is 6.29. The minimum atomic E-state index is -0.135. The molecular formula is C21H18ClN3O2. The predicted octanol–water partition coefficient (Wildman–Crippen LogP) is 3.42. The maximum absolute atomic E-state index is 12.0. The van der Waals surface area contributed by atoms with Crippen molar-refractivity contribution in [3.8, 4) is 0 Å². The summed E-state index contributed by atoms with van der Waals surface area (Å²) in [4.78, 5) is 27.8. The Bertz CT molecular complexity index is 1080. The highest BCUT2D eigenvalue weighted by Gasteiger charge is 2.14. The van der Waals surface area contributed by atoms with Crippen LogP contribution in [0.15, 0.2) is 59.7 Å². The Hall–Kier alpha value is -2.92. The number of aryl methyl sites for hydroxylation is 1. The van der Waals surface area contributed by atoms with Crippen LogP contribution in [0.4, 0.5) is 5.69 Å². The highest BCUT2D eigenvalue weighted by Crippen LogP contribution is 2.24. The van der Waals surface area contributed by atoms with Crippen LogP contribution in [-0.2, 0) is 24.2 Å². The predicted molar refractivity (Wildman–Crippen MR) is 105 cm³/mol. The maximum Gasteiger partial charge on any atom is 0.251 e. The van der Waals surface area contributed by atoms with Gasteiger partial charge in [0.25, 0.3) is 5.56 Å². The number of hydrogen-bond acceptors (Lipinski definition) is 3. The van der Waals surface area contributed by atoms with Gasteiger partial charge in [0.05, 0.1) is 6.54 Å². The monoisotopic (exact) mass is 379 g/mol. The van der Waals surface area contributed by atoms with Crippen LogP contribution in [0.5, 0.6) is 0 Å². The van der Waals surface area contributed by atoms with Crippen molar-refractivity contribution in [3.05, 3.63) is 92.6 Å². The Morgan fingerprint density at radius 1 is 1.00 bits per heavy atom. The van der Waals surface area contributed by atoms with Gasteiger partial charge in [-0.05, 0) is 47.2 Å². The van der Waals surface area contributed by atoms with Crippen LogP contribution in [0.1, 0.15) is 28.7 Å². The Morgan fingerprint density at radius 3 is 2.70 bits per heavy atom. The third-order valence-electron chi connectivity index (χ3n) is 4.66. The molecule has 0 saturated heterocycles. The molecule has 5 nitrogen and oxygen atoms in total. The first-order chi connectivity index (χ1) is 13.1. The fourth-order valence-corrected chi connectivity index (χ4v) is 3.55. The summed E-state index contributed by atoms with van der Waals surface area (Å²) in [7, 11) is 0. The van der Waals surface area contributed by atoms with E-state index in [2.05, 4.69) is 16.4 Å². The Kier molecular flexibility index (Phi) is 4.77. The average Bonchev–Trinajstić information content (AvgIpc) is 2.65. The lowest BCUT2D eigenvalue weighted by Gasteiger charge is -2.17. The second-order valence-electron chi connectivity index (χ2n) is 6.69. The van der Waals surface area contributed by atoms with Gasteiger partial charge < -0.3 is 5.32 Å². The number of carbonyl (C=O) groups is 1. The van der Waals surface area contributed by atoms with E-state index in [1.54, 1.807) is 18.3 Å². The number of aromatic nitrogens is 2. The zero-order valence-electron chi connectivity index (χ0n) is 14.6. The van der Waals surface area contributed by atoms with E-state index >= 15 is 0 Å². The van der Waals surface area contributed by atoms with Crippen LogP contribution in [0.2, 0.25) is 5.15 Å². The Balaban J connectivity index is 1.55. The largest absolute Gasteiger partial charge is 0.326 e. The summed E-state index contributed by atoms with van der Waals surface area (Å²) in [5, 5.41) is 3.31. The van der Waals surface area contributed by atoms with Crippen LogP contribution in [0.3, 0.4) is 0 Å². The third-order valence-corrected chi connectivity index (χ3v) is 4.99. The molecule has 0 aliphatic carbocycles. The van der Waals surface area contributed by atoms with Crippen molar-refractivity contribution in [1.29, 1.82) is 0 Å². The van der Waals surface area contributed by atoms with Crippen molar-refractivity contribution >= 4 is 23.2 Å². The number of nitrogens with zero attached hydrogens (tertiary/aromatic N) is 2. The molecule has 0 fully saturated rings. The van der Waals surface area contributed by atoms with Gasteiger partial charge >= 0.3 is 0 Å². The van der Waals surface area contributed by atoms with Gasteiger partial charge in [0.1, 0.15) is 5.15 Å². The summed E-state index contributed by atoms with van der Waals surface area (Å²) < 4.78 is 1.52. The number of amides is 1. The Morgan fingerprint density at radius 2 is 1.85 bits per heavy atom. The summed E-state index contributed by atoms with van der Waals surface area (Å²) >= 11 is 6.14. The number of nitrogens with one attached hydrogen (secondary N) is 1. The van der Waals surface area contributed by atoms with Crippen LogP contribution in [0, 0.1) is 0 Å². The van der Waals surface area contributed by atoms with Crippen LogP contribution in [-0.4, -0.2) is 15.5 Å². The van der Waals surface area contributed by atoms with E-state index in [9.17, 15) is 9.59 Å². The van der Waals surface area contributed by atoms with Gasteiger partial charge in [0, 0.05) is 30.6 Å².